The van der Waals surface area contributed by atoms with Crippen LogP contribution in [0.1, 0.15) is 18.9 Å². The second kappa shape index (κ2) is 5.35. The molecule has 10 heteroatoms. The topological polar surface area (TPSA) is 147 Å². The van der Waals surface area contributed by atoms with E-state index in [1.54, 1.807) is 4.57 Å². The van der Waals surface area contributed by atoms with E-state index in [1.807, 2.05) is 12.2 Å². The largest absolute Gasteiger partial charge is 0.369 e. The smallest absolute Gasteiger partial charge is 0.325 e. The first kappa shape index (κ1) is 15.0. The van der Waals surface area contributed by atoms with Gasteiger partial charge in [0.15, 0.2) is 11.2 Å². The minimum absolute atomic E-state index is 0.0271. The Morgan fingerprint density at radius 2 is 2.23 bits per heavy atom. The molecular formula is C12H16N5O4P. The average molecular weight is 325 g/mol. The normalized spacial score (nSPS) is 21.7. The highest BCUT2D eigenvalue weighted by Gasteiger charge is 2.25. The number of aromatic nitrogens is 4. The summed E-state index contributed by atoms with van der Waals surface area (Å²) in [6.45, 7) is 0. The van der Waals surface area contributed by atoms with E-state index in [0.717, 1.165) is 0 Å². The number of anilines is 1. The van der Waals surface area contributed by atoms with Crippen LogP contribution in [0.15, 0.2) is 23.3 Å². The fraction of sp³-hybridized carbons (Fsp3) is 0.417. The summed E-state index contributed by atoms with van der Waals surface area (Å²) < 4.78 is 12.7. The molecule has 0 aromatic carbocycles. The Morgan fingerprint density at radius 1 is 1.45 bits per heavy atom. The first-order chi connectivity index (χ1) is 10.3. The third-order valence-corrected chi connectivity index (χ3v) is 4.59. The number of nitrogens with zero attached hydrogens (tertiary/aromatic N) is 3. The summed E-state index contributed by atoms with van der Waals surface area (Å²) in [5.41, 5.74) is 5.81. The lowest BCUT2D eigenvalue weighted by Crippen LogP contribution is -2.13. The van der Waals surface area contributed by atoms with Gasteiger partial charge in [0, 0.05) is 0 Å². The second-order valence-electron chi connectivity index (χ2n) is 5.40. The zero-order chi connectivity index (χ0) is 15.9. The molecule has 0 saturated heterocycles. The number of nitrogens with two attached hydrogens (primary N) is 1. The van der Waals surface area contributed by atoms with Crippen molar-refractivity contribution in [2.24, 2.45) is 5.92 Å². The summed E-state index contributed by atoms with van der Waals surface area (Å²) in [7, 11) is -3.98. The SMILES string of the molecule is Nc1nc2c(ncn2C2C=CC(CCP(=O)(O)O)C2)c(=O)[nH]1. The van der Waals surface area contributed by atoms with Gasteiger partial charge in [-0.05, 0) is 18.8 Å². The molecule has 2 unspecified atom stereocenters. The zero-order valence-electron chi connectivity index (χ0n) is 11.6. The minimum Gasteiger partial charge on any atom is -0.369 e. The molecule has 2 aromatic rings. The van der Waals surface area contributed by atoms with Crippen molar-refractivity contribution < 1.29 is 14.4 Å². The van der Waals surface area contributed by atoms with Crippen LogP contribution in [0.5, 0.6) is 0 Å². The van der Waals surface area contributed by atoms with Crippen LogP contribution in [0.3, 0.4) is 0 Å². The third kappa shape index (κ3) is 2.96. The lowest BCUT2D eigenvalue weighted by atomic mass is 10.1. The van der Waals surface area contributed by atoms with Gasteiger partial charge in [-0.15, -0.1) is 0 Å². The van der Waals surface area contributed by atoms with Crippen LogP contribution in [0, 0.1) is 5.92 Å². The van der Waals surface area contributed by atoms with Gasteiger partial charge in [0.25, 0.3) is 5.56 Å². The number of allylic oxidation sites excluding steroid dienone is 2. The zero-order valence-corrected chi connectivity index (χ0v) is 12.5. The van der Waals surface area contributed by atoms with E-state index >= 15 is 0 Å². The van der Waals surface area contributed by atoms with Crippen LogP contribution in [-0.2, 0) is 4.57 Å². The Labute approximate surface area is 125 Å². The molecule has 0 aliphatic heterocycles. The molecule has 1 aliphatic rings. The van der Waals surface area contributed by atoms with Gasteiger partial charge in [0.2, 0.25) is 5.95 Å². The Morgan fingerprint density at radius 3 is 2.95 bits per heavy atom. The fourth-order valence-corrected chi connectivity index (χ4v) is 3.36. The molecule has 118 valence electrons. The highest BCUT2D eigenvalue weighted by molar-refractivity contribution is 7.51. The van der Waals surface area contributed by atoms with Crippen molar-refractivity contribution in [3.63, 3.8) is 0 Å². The van der Waals surface area contributed by atoms with Crippen LogP contribution >= 0.6 is 7.60 Å². The number of hydrogen-bond donors (Lipinski definition) is 4. The standard InChI is InChI=1S/C12H16N5O4P/c13-12-15-10-9(11(18)16-12)14-6-17(10)8-2-1-7(5-8)3-4-22(19,20)21/h1-2,6-8H,3-5H2,(H2,19,20,21)(H3,13,15,16,18). The lowest BCUT2D eigenvalue weighted by molar-refractivity contribution is 0.366. The molecule has 0 fully saturated rings. The Bertz CT molecular complexity index is 836. The molecule has 0 radical (unpaired) electrons. The minimum atomic E-state index is -3.98. The fourth-order valence-electron chi connectivity index (χ4n) is 2.69. The van der Waals surface area contributed by atoms with E-state index in [4.69, 9.17) is 15.5 Å². The number of imidazole rings is 1. The number of rotatable bonds is 4. The van der Waals surface area contributed by atoms with Gasteiger partial charge in [-0.2, -0.15) is 4.98 Å². The number of nitrogens with one attached hydrogen (secondary N) is 1. The van der Waals surface area contributed by atoms with Gasteiger partial charge in [0.1, 0.15) is 0 Å². The first-order valence-electron chi connectivity index (χ1n) is 6.79. The van der Waals surface area contributed by atoms with Crippen molar-refractivity contribution in [2.45, 2.75) is 18.9 Å². The van der Waals surface area contributed by atoms with Crippen molar-refractivity contribution in [1.29, 1.82) is 0 Å². The molecule has 2 aromatic heterocycles. The number of aromatic amines is 1. The van der Waals surface area contributed by atoms with E-state index in [9.17, 15) is 9.36 Å². The predicted octanol–water partition coefficient (Wildman–Crippen LogP) is 0.387. The number of nitrogen functional groups attached to an aromatic ring is 1. The molecule has 9 nitrogen and oxygen atoms in total. The van der Waals surface area contributed by atoms with Gasteiger partial charge in [-0.25, -0.2) is 4.98 Å². The number of fused-ring (bicyclic) bond motifs is 1. The summed E-state index contributed by atoms with van der Waals surface area (Å²) in [6, 6.07) is -0.0551. The highest BCUT2D eigenvalue weighted by atomic mass is 31.2. The van der Waals surface area contributed by atoms with Crippen molar-refractivity contribution in [2.75, 3.05) is 11.9 Å². The molecule has 5 N–H and O–H groups in total. The van der Waals surface area contributed by atoms with Gasteiger partial charge in [0.05, 0.1) is 18.5 Å². The first-order valence-corrected chi connectivity index (χ1v) is 8.58. The van der Waals surface area contributed by atoms with Crippen molar-refractivity contribution in [3.8, 4) is 0 Å². The van der Waals surface area contributed by atoms with E-state index in [-0.39, 0.29) is 35.1 Å². The third-order valence-electron chi connectivity index (χ3n) is 3.75. The Balaban J connectivity index is 1.81. The summed E-state index contributed by atoms with van der Waals surface area (Å²) in [5.74, 6) is 0.105. The van der Waals surface area contributed by atoms with E-state index < -0.39 is 7.60 Å². The van der Waals surface area contributed by atoms with Gasteiger partial charge < -0.3 is 20.1 Å². The maximum absolute atomic E-state index is 11.7. The van der Waals surface area contributed by atoms with Crippen molar-refractivity contribution in [3.05, 3.63) is 28.8 Å². The summed E-state index contributed by atoms with van der Waals surface area (Å²) >= 11 is 0. The van der Waals surface area contributed by atoms with Crippen LogP contribution < -0.4 is 11.3 Å². The quantitative estimate of drug-likeness (QED) is 0.469. The maximum atomic E-state index is 11.7. The Hall–Kier alpha value is -1.96. The molecular weight excluding hydrogens is 309 g/mol. The average Bonchev–Trinajstić information content (AvgIpc) is 3.01. The molecule has 3 rings (SSSR count). The second-order valence-corrected chi connectivity index (χ2v) is 7.18. The Kier molecular flexibility index (Phi) is 3.64. The van der Waals surface area contributed by atoms with E-state index in [0.29, 0.717) is 18.5 Å². The van der Waals surface area contributed by atoms with Crippen LogP contribution in [0.2, 0.25) is 0 Å². The summed E-state index contributed by atoms with van der Waals surface area (Å²) in [4.78, 5) is 40.2. The molecule has 0 spiro atoms. The monoisotopic (exact) mass is 325 g/mol. The highest BCUT2D eigenvalue weighted by Crippen LogP contribution is 2.39. The summed E-state index contributed by atoms with van der Waals surface area (Å²) in [5, 5.41) is 0. The molecule has 0 saturated carbocycles. The van der Waals surface area contributed by atoms with Crippen LogP contribution in [-0.4, -0.2) is 35.5 Å². The molecule has 2 atom stereocenters. The van der Waals surface area contributed by atoms with Gasteiger partial charge in [-0.1, -0.05) is 12.2 Å². The summed E-state index contributed by atoms with van der Waals surface area (Å²) in [6.07, 6.45) is 6.37. The molecule has 0 bridgehead atoms. The maximum Gasteiger partial charge on any atom is 0.325 e. The molecule has 2 heterocycles. The van der Waals surface area contributed by atoms with Gasteiger partial charge >= 0.3 is 7.60 Å². The van der Waals surface area contributed by atoms with E-state index in [1.165, 1.54) is 6.33 Å². The molecule has 1 aliphatic carbocycles. The lowest BCUT2D eigenvalue weighted by Gasteiger charge is -2.14. The number of hydrogen-bond acceptors (Lipinski definition) is 5. The van der Waals surface area contributed by atoms with Crippen molar-refractivity contribution in [1.82, 2.24) is 19.5 Å². The molecule has 22 heavy (non-hydrogen) atoms. The van der Waals surface area contributed by atoms with Gasteiger partial charge in [-0.3, -0.25) is 14.3 Å². The van der Waals surface area contributed by atoms with Crippen molar-refractivity contribution >= 4 is 24.7 Å². The molecule has 0 amide bonds. The van der Waals surface area contributed by atoms with E-state index in [2.05, 4.69) is 15.0 Å². The number of H-pyrrole nitrogens is 1. The van der Waals surface area contributed by atoms with Crippen LogP contribution in [0.4, 0.5) is 5.95 Å². The predicted molar refractivity (Wildman–Crippen MR) is 80.4 cm³/mol. The van der Waals surface area contributed by atoms with Crippen LogP contribution in [0.25, 0.3) is 11.2 Å².